The lowest BCUT2D eigenvalue weighted by atomic mass is 9.89. The lowest BCUT2D eigenvalue weighted by molar-refractivity contribution is 0.368. The van der Waals surface area contributed by atoms with Crippen LogP contribution in [0.1, 0.15) is 31.7 Å². The van der Waals surface area contributed by atoms with Gasteiger partial charge in [0.1, 0.15) is 0 Å². The lowest BCUT2D eigenvalue weighted by Crippen LogP contribution is -2.26. The van der Waals surface area contributed by atoms with E-state index in [1.165, 1.54) is 24.8 Å². The fourth-order valence-electron chi connectivity index (χ4n) is 2.95. The number of hydrogen-bond donors (Lipinski definition) is 1. The predicted octanol–water partition coefficient (Wildman–Crippen LogP) is 4.67. The Kier molecular flexibility index (Phi) is 5.53. The second-order valence-electron chi connectivity index (χ2n) is 5.20. The normalized spacial score (nSPS) is 23.5. The van der Waals surface area contributed by atoms with Gasteiger partial charge < -0.3 is 5.32 Å². The molecule has 1 aliphatic rings. The molecule has 2 atom stereocenters. The summed E-state index contributed by atoms with van der Waals surface area (Å²) < 4.78 is 1.06. The van der Waals surface area contributed by atoms with Crippen LogP contribution in [-0.2, 0) is 6.42 Å². The molecule has 1 saturated carbocycles. The van der Waals surface area contributed by atoms with Crippen LogP contribution < -0.4 is 5.32 Å². The number of benzene rings is 1. The van der Waals surface area contributed by atoms with E-state index >= 15 is 0 Å². The quantitative estimate of drug-likeness (QED) is 0.827. The lowest BCUT2D eigenvalue weighted by Gasteiger charge is -2.20. The molecule has 2 rings (SSSR count). The molecule has 1 aromatic carbocycles. The maximum atomic E-state index is 6.31. The van der Waals surface area contributed by atoms with Crippen LogP contribution in [-0.4, -0.2) is 13.1 Å². The second kappa shape index (κ2) is 6.93. The van der Waals surface area contributed by atoms with Gasteiger partial charge in [0.05, 0.1) is 0 Å². The Labute approximate surface area is 123 Å². The van der Waals surface area contributed by atoms with E-state index in [9.17, 15) is 0 Å². The average molecular weight is 331 g/mol. The van der Waals surface area contributed by atoms with Crippen LogP contribution in [0, 0.1) is 11.8 Å². The molecule has 1 nitrogen and oxygen atoms in total. The van der Waals surface area contributed by atoms with Gasteiger partial charge in [-0.15, -0.1) is 0 Å². The zero-order chi connectivity index (χ0) is 13.0. The molecule has 0 radical (unpaired) electrons. The number of halogens is 2. The highest BCUT2D eigenvalue weighted by molar-refractivity contribution is 9.10. The predicted molar refractivity (Wildman–Crippen MR) is 82.2 cm³/mol. The molecule has 100 valence electrons. The van der Waals surface area contributed by atoms with E-state index in [2.05, 4.69) is 40.3 Å². The molecular formula is C15H21BrClN. The van der Waals surface area contributed by atoms with Crippen LogP contribution in [0.5, 0.6) is 0 Å². The summed E-state index contributed by atoms with van der Waals surface area (Å²) in [6.45, 7) is 4.41. The van der Waals surface area contributed by atoms with Crippen LogP contribution >= 0.6 is 27.5 Å². The van der Waals surface area contributed by atoms with Crippen molar-refractivity contribution in [2.45, 2.75) is 32.6 Å². The van der Waals surface area contributed by atoms with E-state index in [0.29, 0.717) is 0 Å². The Balaban J connectivity index is 1.99. The molecule has 2 unspecified atom stereocenters. The summed E-state index contributed by atoms with van der Waals surface area (Å²) in [6, 6.07) is 6.26. The third-order valence-corrected chi connectivity index (χ3v) is 4.82. The number of hydrogen-bond acceptors (Lipinski definition) is 1. The first-order chi connectivity index (χ1) is 8.70. The number of nitrogens with one attached hydrogen (secondary N) is 1. The molecule has 1 aliphatic carbocycles. The van der Waals surface area contributed by atoms with Crippen LogP contribution in [0.25, 0.3) is 0 Å². The highest BCUT2D eigenvalue weighted by Gasteiger charge is 2.27. The summed E-state index contributed by atoms with van der Waals surface area (Å²) in [7, 11) is 0. The first-order valence-corrected chi connectivity index (χ1v) is 8.02. The standard InChI is InChI=1S/C15H21BrClN/c1-2-18-10-13-5-3-4-11(13)8-12-6-7-14(16)9-15(12)17/h6-7,9,11,13,18H,2-5,8,10H2,1H3. The van der Waals surface area contributed by atoms with Crippen molar-refractivity contribution in [2.75, 3.05) is 13.1 Å². The van der Waals surface area contributed by atoms with E-state index in [-0.39, 0.29) is 0 Å². The van der Waals surface area contributed by atoms with Gasteiger partial charge in [0.15, 0.2) is 0 Å². The highest BCUT2D eigenvalue weighted by atomic mass is 79.9. The van der Waals surface area contributed by atoms with Gasteiger partial charge in [-0.2, -0.15) is 0 Å². The molecule has 0 spiro atoms. The maximum absolute atomic E-state index is 6.31. The van der Waals surface area contributed by atoms with Gasteiger partial charge in [-0.05, 0) is 61.9 Å². The summed E-state index contributed by atoms with van der Waals surface area (Å²) in [6.07, 6.45) is 5.21. The van der Waals surface area contributed by atoms with Gasteiger partial charge in [-0.25, -0.2) is 0 Å². The van der Waals surface area contributed by atoms with Crippen molar-refractivity contribution in [3.63, 3.8) is 0 Å². The van der Waals surface area contributed by atoms with Gasteiger partial charge >= 0.3 is 0 Å². The van der Waals surface area contributed by atoms with Crippen molar-refractivity contribution in [1.29, 1.82) is 0 Å². The van der Waals surface area contributed by atoms with Crippen molar-refractivity contribution in [3.8, 4) is 0 Å². The molecule has 0 amide bonds. The highest BCUT2D eigenvalue weighted by Crippen LogP contribution is 2.35. The van der Waals surface area contributed by atoms with Gasteiger partial charge in [-0.1, -0.05) is 46.9 Å². The smallest absolute Gasteiger partial charge is 0.0449 e. The van der Waals surface area contributed by atoms with Crippen LogP contribution in [0.3, 0.4) is 0 Å². The van der Waals surface area contributed by atoms with Crippen LogP contribution in [0.2, 0.25) is 5.02 Å². The van der Waals surface area contributed by atoms with E-state index in [0.717, 1.165) is 40.8 Å². The van der Waals surface area contributed by atoms with E-state index in [1.54, 1.807) is 0 Å². The fourth-order valence-corrected chi connectivity index (χ4v) is 3.70. The van der Waals surface area contributed by atoms with E-state index in [1.807, 2.05) is 6.07 Å². The monoisotopic (exact) mass is 329 g/mol. The minimum Gasteiger partial charge on any atom is -0.317 e. The number of rotatable bonds is 5. The molecule has 1 fully saturated rings. The Hall–Kier alpha value is -0.0500. The van der Waals surface area contributed by atoms with E-state index < -0.39 is 0 Å². The molecule has 0 aromatic heterocycles. The Morgan fingerprint density at radius 2 is 2.11 bits per heavy atom. The molecule has 18 heavy (non-hydrogen) atoms. The average Bonchev–Trinajstić information content (AvgIpc) is 2.77. The summed E-state index contributed by atoms with van der Waals surface area (Å²) in [5.41, 5.74) is 1.30. The molecule has 1 N–H and O–H groups in total. The molecule has 1 aromatic rings. The third kappa shape index (κ3) is 3.72. The Morgan fingerprint density at radius 3 is 2.83 bits per heavy atom. The zero-order valence-corrected chi connectivity index (χ0v) is 13.2. The van der Waals surface area contributed by atoms with Crippen molar-refractivity contribution in [2.24, 2.45) is 11.8 Å². The first kappa shape index (κ1) is 14.4. The van der Waals surface area contributed by atoms with Crippen molar-refractivity contribution in [1.82, 2.24) is 5.32 Å². The van der Waals surface area contributed by atoms with Crippen LogP contribution in [0.15, 0.2) is 22.7 Å². The topological polar surface area (TPSA) is 12.0 Å². The summed E-state index contributed by atoms with van der Waals surface area (Å²) in [4.78, 5) is 0. The summed E-state index contributed by atoms with van der Waals surface area (Å²) in [5, 5.41) is 4.39. The fraction of sp³-hybridized carbons (Fsp3) is 0.600. The largest absolute Gasteiger partial charge is 0.317 e. The maximum Gasteiger partial charge on any atom is 0.0449 e. The molecule has 0 heterocycles. The Morgan fingerprint density at radius 1 is 1.33 bits per heavy atom. The van der Waals surface area contributed by atoms with Gasteiger partial charge in [-0.3, -0.25) is 0 Å². The molecule has 0 saturated heterocycles. The van der Waals surface area contributed by atoms with Crippen molar-refractivity contribution >= 4 is 27.5 Å². The minimum absolute atomic E-state index is 0.794. The molecule has 0 bridgehead atoms. The van der Waals surface area contributed by atoms with Gasteiger partial charge in [0.2, 0.25) is 0 Å². The molecular weight excluding hydrogens is 310 g/mol. The molecule has 0 aliphatic heterocycles. The second-order valence-corrected chi connectivity index (χ2v) is 6.52. The minimum atomic E-state index is 0.794. The Bertz CT molecular complexity index is 394. The third-order valence-electron chi connectivity index (χ3n) is 3.97. The van der Waals surface area contributed by atoms with E-state index in [4.69, 9.17) is 11.6 Å². The van der Waals surface area contributed by atoms with Gasteiger partial charge in [0, 0.05) is 9.50 Å². The van der Waals surface area contributed by atoms with Crippen LogP contribution in [0.4, 0.5) is 0 Å². The van der Waals surface area contributed by atoms with Crippen molar-refractivity contribution < 1.29 is 0 Å². The molecule has 3 heteroatoms. The van der Waals surface area contributed by atoms with Gasteiger partial charge in [0.25, 0.3) is 0 Å². The van der Waals surface area contributed by atoms with Crippen molar-refractivity contribution in [3.05, 3.63) is 33.3 Å². The summed E-state index contributed by atoms with van der Waals surface area (Å²) in [5.74, 6) is 1.62. The SMILES string of the molecule is CCNCC1CCCC1Cc1ccc(Br)cc1Cl. The first-order valence-electron chi connectivity index (χ1n) is 6.85. The zero-order valence-electron chi connectivity index (χ0n) is 10.9. The summed E-state index contributed by atoms with van der Waals surface area (Å²) >= 11 is 9.77.